The smallest absolute Gasteiger partial charge is 0.166 e. The molecule has 0 unspecified atom stereocenters. The first-order valence-corrected chi connectivity index (χ1v) is 12.8. The van der Waals surface area contributed by atoms with Crippen molar-refractivity contribution >= 4 is 0 Å². The van der Waals surface area contributed by atoms with E-state index in [9.17, 15) is 0 Å². The van der Waals surface area contributed by atoms with Crippen LogP contribution in [0.5, 0.6) is 0 Å². The second-order valence-corrected chi connectivity index (χ2v) is 9.55. The molecule has 0 spiro atoms. The maximum absolute atomic E-state index is 6.12. The summed E-state index contributed by atoms with van der Waals surface area (Å²) in [4.78, 5) is 0. The average Bonchev–Trinajstić information content (AvgIpc) is 2.64. The monoisotopic (exact) mass is 414 g/mol. The van der Waals surface area contributed by atoms with Gasteiger partial charge in [-0.3, -0.25) is 0 Å². The van der Waals surface area contributed by atoms with Crippen LogP contribution < -0.4 is 0 Å². The second-order valence-electron chi connectivity index (χ2n) is 9.55. The zero-order valence-corrected chi connectivity index (χ0v) is 21.0. The lowest BCUT2D eigenvalue weighted by atomic mass is 10.1. The molecule has 0 radical (unpaired) electrons. The van der Waals surface area contributed by atoms with E-state index in [0.717, 1.165) is 26.1 Å². The van der Waals surface area contributed by atoms with Crippen molar-refractivity contribution in [2.75, 3.05) is 13.2 Å². The summed E-state index contributed by atoms with van der Waals surface area (Å²) in [6.07, 6.45) is 21.0. The van der Waals surface area contributed by atoms with Gasteiger partial charge in [-0.25, -0.2) is 0 Å². The minimum absolute atomic E-state index is 0.607. The van der Waals surface area contributed by atoms with Crippen LogP contribution in [0.3, 0.4) is 0 Å². The molecule has 0 aromatic rings. The predicted octanol–water partition coefficient (Wildman–Crippen LogP) is 8.79. The largest absolute Gasteiger partial charge is 0.350 e. The molecule has 0 aromatic carbocycles. The van der Waals surface area contributed by atoms with Crippen LogP contribution in [0.1, 0.15) is 144 Å². The molecular formula is C26H54O3. The van der Waals surface area contributed by atoms with Gasteiger partial charge in [-0.15, -0.1) is 0 Å². The minimum atomic E-state index is -0.607. The summed E-state index contributed by atoms with van der Waals surface area (Å²) < 4.78 is 18.1. The van der Waals surface area contributed by atoms with Crippen LogP contribution in [-0.4, -0.2) is 24.8 Å². The van der Waals surface area contributed by atoms with Crippen LogP contribution in [-0.2, 0) is 14.2 Å². The Morgan fingerprint density at radius 3 is 1.00 bits per heavy atom. The van der Waals surface area contributed by atoms with Crippen molar-refractivity contribution in [2.24, 2.45) is 0 Å². The van der Waals surface area contributed by atoms with Crippen LogP contribution in [0, 0.1) is 0 Å². The fourth-order valence-corrected chi connectivity index (χ4v) is 3.76. The quantitative estimate of drug-likeness (QED) is 0.131. The van der Waals surface area contributed by atoms with Gasteiger partial charge < -0.3 is 14.2 Å². The Morgan fingerprint density at radius 1 is 0.414 bits per heavy atom. The van der Waals surface area contributed by atoms with Gasteiger partial charge in [0.05, 0.1) is 0 Å². The fraction of sp³-hybridized carbons (Fsp3) is 1.00. The van der Waals surface area contributed by atoms with Gasteiger partial charge in [-0.05, 0) is 40.5 Å². The molecule has 0 bridgehead atoms. The van der Waals surface area contributed by atoms with Gasteiger partial charge in [0.25, 0.3) is 0 Å². The number of hydrogen-bond donors (Lipinski definition) is 0. The first-order valence-electron chi connectivity index (χ1n) is 12.8. The molecule has 0 N–H and O–H groups in total. The highest BCUT2D eigenvalue weighted by Gasteiger charge is 2.30. The highest BCUT2D eigenvalue weighted by atomic mass is 16.8. The Balaban J connectivity index is 3.69. The predicted molar refractivity (Wildman–Crippen MR) is 126 cm³/mol. The van der Waals surface area contributed by atoms with E-state index in [1.54, 1.807) is 0 Å². The molecule has 29 heavy (non-hydrogen) atoms. The number of rotatable bonds is 22. The van der Waals surface area contributed by atoms with Gasteiger partial charge >= 0.3 is 0 Å². The summed E-state index contributed by atoms with van der Waals surface area (Å²) in [5.74, 6) is -1.21. The Morgan fingerprint density at radius 2 is 0.690 bits per heavy atom. The molecule has 0 aliphatic carbocycles. The molecule has 0 aliphatic rings. The SMILES string of the molecule is CCCCCCCCCCOC(C)(C)OC(C)(C)OCCCCCCCCCC. The number of hydrogen-bond acceptors (Lipinski definition) is 3. The lowest BCUT2D eigenvalue weighted by molar-refractivity contribution is -0.334. The highest BCUT2D eigenvalue weighted by Crippen LogP contribution is 2.23. The Bertz CT molecular complexity index is 307. The zero-order chi connectivity index (χ0) is 21.8. The van der Waals surface area contributed by atoms with Crippen molar-refractivity contribution in [3.63, 3.8) is 0 Å². The molecule has 3 heteroatoms. The van der Waals surface area contributed by atoms with Crippen molar-refractivity contribution in [1.29, 1.82) is 0 Å². The summed E-state index contributed by atoms with van der Waals surface area (Å²) >= 11 is 0. The van der Waals surface area contributed by atoms with Crippen molar-refractivity contribution in [3.05, 3.63) is 0 Å². The molecule has 0 rings (SSSR count). The molecule has 0 heterocycles. The van der Waals surface area contributed by atoms with Crippen molar-refractivity contribution < 1.29 is 14.2 Å². The van der Waals surface area contributed by atoms with Gasteiger partial charge in [-0.1, -0.05) is 104 Å². The first-order chi connectivity index (χ1) is 13.8. The maximum Gasteiger partial charge on any atom is 0.166 e. The molecular weight excluding hydrogens is 360 g/mol. The third-order valence-electron chi connectivity index (χ3n) is 5.39. The molecule has 0 aliphatic heterocycles. The molecule has 0 saturated carbocycles. The number of unbranched alkanes of at least 4 members (excludes halogenated alkanes) is 14. The van der Waals surface area contributed by atoms with Crippen molar-refractivity contribution in [1.82, 2.24) is 0 Å². The zero-order valence-electron chi connectivity index (χ0n) is 21.0. The van der Waals surface area contributed by atoms with Gasteiger partial charge in [0.15, 0.2) is 11.6 Å². The molecule has 0 saturated heterocycles. The van der Waals surface area contributed by atoms with Crippen molar-refractivity contribution in [2.45, 2.75) is 156 Å². The van der Waals surface area contributed by atoms with Crippen LogP contribution in [0.2, 0.25) is 0 Å². The summed E-state index contributed by atoms with van der Waals surface area (Å²) in [6.45, 7) is 14.1. The molecule has 3 nitrogen and oxygen atoms in total. The Hall–Kier alpha value is -0.120. The van der Waals surface area contributed by atoms with Crippen molar-refractivity contribution in [3.8, 4) is 0 Å². The molecule has 0 atom stereocenters. The van der Waals surface area contributed by atoms with Gasteiger partial charge in [0, 0.05) is 13.2 Å². The van der Waals surface area contributed by atoms with E-state index in [4.69, 9.17) is 14.2 Å². The Labute approximate surface area is 183 Å². The molecule has 176 valence electrons. The summed E-state index contributed by atoms with van der Waals surface area (Å²) in [5.41, 5.74) is 0. The van der Waals surface area contributed by atoms with E-state index in [-0.39, 0.29) is 0 Å². The number of ether oxygens (including phenoxy) is 3. The third-order valence-corrected chi connectivity index (χ3v) is 5.39. The first kappa shape index (κ1) is 28.9. The normalized spacial score (nSPS) is 12.6. The van der Waals surface area contributed by atoms with Gasteiger partial charge in [0.1, 0.15) is 0 Å². The van der Waals surface area contributed by atoms with Crippen LogP contribution in [0.4, 0.5) is 0 Å². The van der Waals surface area contributed by atoms with E-state index in [0.29, 0.717) is 0 Å². The van der Waals surface area contributed by atoms with Crippen LogP contribution in [0.25, 0.3) is 0 Å². The lowest BCUT2D eigenvalue weighted by Gasteiger charge is -2.35. The molecule has 0 aromatic heterocycles. The average molecular weight is 415 g/mol. The minimum Gasteiger partial charge on any atom is -0.350 e. The molecule has 0 fully saturated rings. The molecule has 0 amide bonds. The van der Waals surface area contributed by atoms with E-state index >= 15 is 0 Å². The van der Waals surface area contributed by atoms with Crippen LogP contribution in [0.15, 0.2) is 0 Å². The summed E-state index contributed by atoms with van der Waals surface area (Å²) in [5, 5.41) is 0. The van der Waals surface area contributed by atoms with E-state index in [1.807, 2.05) is 27.7 Å². The highest BCUT2D eigenvalue weighted by molar-refractivity contribution is 4.63. The van der Waals surface area contributed by atoms with Gasteiger partial charge in [-0.2, -0.15) is 0 Å². The van der Waals surface area contributed by atoms with E-state index < -0.39 is 11.6 Å². The fourth-order valence-electron chi connectivity index (χ4n) is 3.76. The topological polar surface area (TPSA) is 27.7 Å². The van der Waals surface area contributed by atoms with Crippen LogP contribution >= 0.6 is 0 Å². The summed E-state index contributed by atoms with van der Waals surface area (Å²) in [6, 6.07) is 0. The maximum atomic E-state index is 6.12. The summed E-state index contributed by atoms with van der Waals surface area (Å²) in [7, 11) is 0. The third kappa shape index (κ3) is 20.9. The van der Waals surface area contributed by atoms with E-state index in [1.165, 1.54) is 89.9 Å². The van der Waals surface area contributed by atoms with E-state index in [2.05, 4.69) is 13.8 Å². The Kier molecular flexibility index (Phi) is 18.6. The second kappa shape index (κ2) is 18.6. The lowest BCUT2D eigenvalue weighted by Crippen LogP contribution is -2.41. The standard InChI is InChI=1S/C26H54O3/c1-7-9-11-13-15-17-19-21-23-27-25(3,4)29-26(5,6)28-24-22-20-18-16-14-12-10-8-2/h7-24H2,1-6H3. The van der Waals surface area contributed by atoms with Gasteiger partial charge in [0.2, 0.25) is 0 Å².